The average molecular weight is 511 g/mol. The second kappa shape index (κ2) is 10.9. The summed E-state index contributed by atoms with van der Waals surface area (Å²) in [5.41, 5.74) is 2.74. The van der Waals surface area contributed by atoms with Crippen molar-refractivity contribution in [3.05, 3.63) is 85.8 Å². The van der Waals surface area contributed by atoms with Crippen molar-refractivity contribution in [1.82, 2.24) is 5.32 Å². The van der Waals surface area contributed by atoms with E-state index in [1.54, 1.807) is 32.4 Å². The molecule has 0 atom stereocenters. The standard InChI is InChI=1S/C23H22BrCl2NO3/c1-28-21-9-4-3-6-15(21)12-27-13-16-18(24)10-11-22(29-2)23(16)30-14-17-19(25)7-5-8-20(17)26/h3-11,27H,12-14H2,1-2H3. The first kappa shape index (κ1) is 22.8. The second-order valence-electron chi connectivity index (χ2n) is 6.46. The van der Waals surface area contributed by atoms with Crippen LogP contribution in [0.25, 0.3) is 0 Å². The molecule has 3 rings (SSSR count). The fourth-order valence-electron chi connectivity index (χ4n) is 3.05. The van der Waals surface area contributed by atoms with Gasteiger partial charge in [-0.05, 0) is 30.3 Å². The van der Waals surface area contributed by atoms with Crippen molar-refractivity contribution in [2.75, 3.05) is 14.2 Å². The predicted octanol–water partition coefficient (Wildman–Crippen LogP) is 6.64. The van der Waals surface area contributed by atoms with Gasteiger partial charge in [-0.25, -0.2) is 0 Å². The quantitative estimate of drug-likeness (QED) is 0.350. The molecule has 4 nitrogen and oxygen atoms in total. The van der Waals surface area contributed by atoms with Crippen molar-refractivity contribution in [1.29, 1.82) is 0 Å². The van der Waals surface area contributed by atoms with E-state index in [0.717, 1.165) is 26.9 Å². The number of nitrogens with one attached hydrogen (secondary N) is 1. The molecule has 0 aliphatic rings. The SMILES string of the molecule is COc1ccccc1CNCc1c(Br)ccc(OC)c1OCc1c(Cl)cccc1Cl. The van der Waals surface area contributed by atoms with E-state index in [9.17, 15) is 0 Å². The number of ether oxygens (including phenoxy) is 3. The highest BCUT2D eigenvalue weighted by Gasteiger charge is 2.16. The Balaban J connectivity index is 1.80. The Labute approximate surface area is 195 Å². The normalized spacial score (nSPS) is 10.7. The summed E-state index contributed by atoms with van der Waals surface area (Å²) in [5.74, 6) is 2.12. The van der Waals surface area contributed by atoms with Crippen molar-refractivity contribution < 1.29 is 14.2 Å². The van der Waals surface area contributed by atoms with Gasteiger partial charge in [-0.2, -0.15) is 0 Å². The van der Waals surface area contributed by atoms with E-state index in [1.807, 2.05) is 36.4 Å². The molecule has 0 aliphatic carbocycles. The lowest BCUT2D eigenvalue weighted by atomic mass is 10.1. The molecular formula is C23H22BrCl2NO3. The van der Waals surface area contributed by atoms with Crippen LogP contribution in [0.15, 0.2) is 59.1 Å². The van der Waals surface area contributed by atoms with Crippen LogP contribution in [0.1, 0.15) is 16.7 Å². The molecule has 0 saturated carbocycles. The van der Waals surface area contributed by atoms with Crippen LogP contribution >= 0.6 is 39.1 Å². The van der Waals surface area contributed by atoms with Gasteiger partial charge in [0.15, 0.2) is 11.5 Å². The summed E-state index contributed by atoms with van der Waals surface area (Å²) in [5, 5.41) is 4.57. The topological polar surface area (TPSA) is 39.7 Å². The first-order valence-electron chi connectivity index (χ1n) is 9.28. The summed E-state index contributed by atoms with van der Waals surface area (Å²) in [6, 6.07) is 17.1. The molecule has 7 heteroatoms. The van der Waals surface area contributed by atoms with Crippen LogP contribution < -0.4 is 19.5 Å². The first-order chi connectivity index (χ1) is 14.5. The summed E-state index contributed by atoms with van der Waals surface area (Å²) in [6.07, 6.45) is 0. The summed E-state index contributed by atoms with van der Waals surface area (Å²) in [6.45, 7) is 1.43. The van der Waals surface area contributed by atoms with Crippen molar-refractivity contribution in [2.24, 2.45) is 0 Å². The molecule has 158 valence electrons. The number of methoxy groups -OCH3 is 2. The minimum absolute atomic E-state index is 0.227. The number of hydrogen-bond acceptors (Lipinski definition) is 4. The highest BCUT2D eigenvalue weighted by Crippen LogP contribution is 2.38. The van der Waals surface area contributed by atoms with Gasteiger partial charge in [0.1, 0.15) is 12.4 Å². The number of para-hydroxylation sites is 1. The maximum absolute atomic E-state index is 6.29. The minimum atomic E-state index is 0.227. The third-order valence-electron chi connectivity index (χ3n) is 4.62. The van der Waals surface area contributed by atoms with E-state index < -0.39 is 0 Å². The van der Waals surface area contributed by atoms with Crippen LogP contribution in [0.2, 0.25) is 10.0 Å². The zero-order valence-corrected chi connectivity index (χ0v) is 19.8. The largest absolute Gasteiger partial charge is 0.496 e. The van der Waals surface area contributed by atoms with E-state index in [2.05, 4.69) is 21.2 Å². The lowest BCUT2D eigenvalue weighted by Crippen LogP contribution is -2.15. The Morgan fingerprint density at radius 3 is 2.20 bits per heavy atom. The fourth-order valence-corrected chi connectivity index (χ4v) is 4.01. The molecule has 0 bridgehead atoms. The Morgan fingerprint density at radius 1 is 0.800 bits per heavy atom. The van der Waals surface area contributed by atoms with Gasteiger partial charge in [0.05, 0.1) is 14.2 Å². The molecule has 0 spiro atoms. The van der Waals surface area contributed by atoms with Crippen LogP contribution in [-0.4, -0.2) is 14.2 Å². The van der Waals surface area contributed by atoms with E-state index in [1.165, 1.54) is 0 Å². The molecular weight excluding hydrogens is 489 g/mol. The van der Waals surface area contributed by atoms with Gasteiger partial charge >= 0.3 is 0 Å². The van der Waals surface area contributed by atoms with E-state index in [-0.39, 0.29) is 6.61 Å². The highest BCUT2D eigenvalue weighted by molar-refractivity contribution is 9.10. The Morgan fingerprint density at radius 2 is 1.50 bits per heavy atom. The smallest absolute Gasteiger partial charge is 0.167 e. The van der Waals surface area contributed by atoms with Crippen molar-refractivity contribution in [2.45, 2.75) is 19.7 Å². The lowest BCUT2D eigenvalue weighted by molar-refractivity contribution is 0.280. The van der Waals surface area contributed by atoms with Crippen LogP contribution in [0.4, 0.5) is 0 Å². The van der Waals surface area contributed by atoms with E-state index in [4.69, 9.17) is 37.4 Å². The van der Waals surface area contributed by atoms with Gasteiger partial charge in [0.25, 0.3) is 0 Å². The Hall–Kier alpha value is -1.92. The monoisotopic (exact) mass is 509 g/mol. The van der Waals surface area contributed by atoms with Gasteiger partial charge in [-0.15, -0.1) is 0 Å². The molecule has 0 radical (unpaired) electrons. The minimum Gasteiger partial charge on any atom is -0.496 e. The molecule has 3 aromatic carbocycles. The van der Waals surface area contributed by atoms with Gasteiger partial charge in [0.2, 0.25) is 0 Å². The molecule has 0 unspecified atom stereocenters. The second-order valence-corrected chi connectivity index (χ2v) is 8.13. The third kappa shape index (κ3) is 5.41. The van der Waals surface area contributed by atoms with Crippen molar-refractivity contribution >= 4 is 39.1 Å². The van der Waals surface area contributed by atoms with Crippen LogP contribution in [0.5, 0.6) is 17.2 Å². The molecule has 1 N–H and O–H groups in total. The van der Waals surface area contributed by atoms with Gasteiger partial charge in [-0.1, -0.05) is 63.4 Å². The average Bonchev–Trinajstić information content (AvgIpc) is 2.75. The van der Waals surface area contributed by atoms with Crippen LogP contribution in [0, 0.1) is 0 Å². The fraction of sp³-hybridized carbons (Fsp3) is 0.217. The number of benzene rings is 3. The highest BCUT2D eigenvalue weighted by atomic mass is 79.9. The molecule has 0 aromatic heterocycles. The third-order valence-corrected chi connectivity index (χ3v) is 6.07. The van der Waals surface area contributed by atoms with Crippen LogP contribution in [0.3, 0.4) is 0 Å². The lowest BCUT2D eigenvalue weighted by Gasteiger charge is -2.18. The van der Waals surface area contributed by atoms with E-state index in [0.29, 0.717) is 34.6 Å². The predicted molar refractivity (Wildman–Crippen MR) is 125 cm³/mol. The first-order valence-corrected chi connectivity index (χ1v) is 10.8. The molecule has 0 aliphatic heterocycles. The van der Waals surface area contributed by atoms with E-state index >= 15 is 0 Å². The summed E-state index contributed by atoms with van der Waals surface area (Å²) in [4.78, 5) is 0. The molecule has 3 aromatic rings. The van der Waals surface area contributed by atoms with Crippen molar-refractivity contribution in [3.8, 4) is 17.2 Å². The van der Waals surface area contributed by atoms with Gasteiger partial charge in [-0.3, -0.25) is 0 Å². The number of rotatable bonds is 9. The summed E-state index contributed by atoms with van der Waals surface area (Å²) < 4.78 is 18.0. The Kier molecular flexibility index (Phi) is 8.28. The van der Waals surface area contributed by atoms with Crippen molar-refractivity contribution in [3.63, 3.8) is 0 Å². The maximum atomic E-state index is 6.29. The number of halogens is 3. The molecule has 0 heterocycles. The summed E-state index contributed by atoms with van der Waals surface area (Å²) >= 11 is 16.2. The zero-order chi connectivity index (χ0) is 21.5. The molecule has 0 saturated heterocycles. The van der Waals surface area contributed by atoms with Gasteiger partial charge < -0.3 is 19.5 Å². The molecule has 0 fully saturated rings. The summed E-state index contributed by atoms with van der Waals surface area (Å²) in [7, 11) is 3.29. The number of hydrogen-bond donors (Lipinski definition) is 1. The maximum Gasteiger partial charge on any atom is 0.167 e. The van der Waals surface area contributed by atoms with Gasteiger partial charge in [0, 0.05) is 44.3 Å². The molecule has 30 heavy (non-hydrogen) atoms. The molecule has 0 amide bonds. The zero-order valence-electron chi connectivity index (χ0n) is 16.7. The Bertz CT molecular complexity index is 993. The van der Waals surface area contributed by atoms with Crippen LogP contribution in [-0.2, 0) is 19.7 Å².